The molecule has 1 atom stereocenters. The Labute approximate surface area is 197 Å². The molecule has 3 rings (SSSR count). The van der Waals surface area contributed by atoms with Crippen LogP contribution in [0.25, 0.3) is 0 Å². The van der Waals surface area contributed by atoms with Gasteiger partial charge < -0.3 is 5.32 Å². The molecule has 0 saturated heterocycles. The lowest BCUT2D eigenvalue weighted by Crippen LogP contribution is -2.46. The third kappa shape index (κ3) is 6.04. The van der Waals surface area contributed by atoms with Crippen LogP contribution in [0.2, 0.25) is 5.02 Å². The van der Waals surface area contributed by atoms with E-state index in [1.165, 1.54) is 0 Å². The lowest BCUT2D eigenvalue weighted by Gasteiger charge is -2.31. The third-order valence-corrected chi connectivity index (χ3v) is 8.73. The number of rotatable bonds is 7. The van der Waals surface area contributed by atoms with Crippen LogP contribution >= 0.6 is 11.6 Å². The molecule has 0 radical (unpaired) electrons. The van der Waals surface area contributed by atoms with E-state index in [0.717, 1.165) is 49.0 Å². The van der Waals surface area contributed by atoms with Gasteiger partial charge in [0.2, 0.25) is 10.0 Å². The summed E-state index contributed by atoms with van der Waals surface area (Å²) in [6.45, 7) is 5.98. The highest BCUT2D eigenvalue weighted by molar-refractivity contribution is 7.90. The van der Waals surface area contributed by atoms with Gasteiger partial charge in [0.05, 0.1) is 16.7 Å². The van der Waals surface area contributed by atoms with Crippen molar-refractivity contribution in [3.8, 4) is 6.07 Å². The molecule has 0 spiro atoms. The van der Waals surface area contributed by atoms with Gasteiger partial charge in [-0.2, -0.15) is 5.26 Å². The molecule has 0 aliphatic heterocycles. The van der Waals surface area contributed by atoms with Gasteiger partial charge >= 0.3 is 0 Å². The van der Waals surface area contributed by atoms with Crippen LogP contribution in [0, 0.1) is 17.2 Å². The molecule has 32 heavy (non-hydrogen) atoms. The minimum atomic E-state index is -3.31. The second-order valence-corrected chi connectivity index (χ2v) is 12.4. The SMILES string of the molecule is CC(C)(C)S(=O)(=O)NC1CCC(CNc2ccc(C(C#N)c3ccccc3)c(Cl)c2)CC1. The summed E-state index contributed by atoms with van der Waals surface area (Å²) < 4.78 is 26.8. The second-order valence-electron chi connectivity index (χ2n) is 9.54. The summed E-state index contributed by atoms with van der Waals surface area (Å²) in [4.78, 5) is 0. The summed E-state index contributed by atoms with van der Waals surface area (Å²) in [7, 11) is -3.31. The quantitative estimate of drug-likeness (QED) is 0.541. The number of hydrogen-bond acceptors (Lipinski definition) is 4. The maximum atomic E-state index is 12.4. The van der Waals surface area contributed by atoms with Gasteiger partial charge in [0.1, 0.15) is 0 Å². The monoisotopic (exact) mass is 473 g/mol. The first-order valence-corrected chi connectivity index (χ1v) is 13.0. The summed E-state index contributed by atoms with van der Waals surface area (Å²) >= 11 is 6.54. The van der Waals surface area contributed by atoms with Crippen LogP contribution < -0.4 is 10.0 Å². The first-order valence-electron chi connectivity index (χ1n) is 11.1. The molecule has 2 aromatic rings. The molecule has 2 aromatic carbocycles. The van der Waals surface area contributed by atoms with E-state index in [0.29, 0.717) is 10.9 Å². The highest BCUT2D eigenvalue weighted by atomic mass is 35.5. The Morgan fingerprint density at radius 3 is 2.31 bits per heavy atom. The summed E-state index contributed by atoms with van der Waals surface area (Å²) in [5, 5.41) is 13.7. The smallest absolute Gasteiger partial charge is 0.216 e. The molecule has 1 saturated carbocycles. The standard InChI is InChI=1S/C25H32ClN3O2S/c1-25(2,3)32(30,31)29-20-11-9-18(10-12-20)17-28-21-13-14-22(24(26)15-21)23(16-27)19-7-5-4-6-8-19/h4-8,13-15,18,20,23,28-29H,9-12,17H2,1-3H3. The fourth-order valence-corrected chi connectivity index (χ4v) is 5.30. The van der Waals surface area contributed by atoms with Crippen molar-refractivity contribution in [3.63, 3.8) is 0 Å². The molecule has 1 aliphatic rings. The van der Waals surface area contributed by atoms with Gasteiger partial charge in [-0.1, -0.05) is 48.0 Å². The third-order valence-electron chi connectivity index (χ3n) is 6.14. The Balaban J connectivity index is 1.54. The van der Waals surface area contributed by atoms with Gasteiger partial charge in [-0.25, -0.2) is 13.1 Å². The van der Waals surface area contributed by atoms with E-state index in [1.54, 1.807) is 20.8 Å². The second kappa shape index (κ2) is 10.2. The summed E-state index contributed by atoms with van der Waals surface area (Å²) in [6, 6.07) is 17.8. The van der Waals surface area contributed by atoms with E-state index in [9.17, 15) is 13.7 Å². The van der Waals surface area contributed by atoms with E-state index in [4.69, 9.17) is 11.6 Å². The minimum Gasteiger partial charge on any atom is -0.385 e. The molecule has 7 heteroatoms. The fourth-order valence-electron chi connectivity index (χ4n) is 3.98. The highest BCUT2D eigenvalue weighted by Crippen LogP contribution is 2.32. The fraction of sp³-hybridized carbons (Fsp3) is 0.480. The average molecular weight is 474 g/mol. The Morgan fingerprint density at radius 2 is 1.75 bits per heavy atom. The maximum absolute atomic E-state index is 12.4. The van der Waals surface area contributed by atoms with E-state index < -0.39 is 20.7 Å². The van der Waals surface area contributed by atoms with E-state index in [2.05, 4.69) is 16.1 Å². The zero-order chi connectivity index (χ0) is 23.4. The van der Waals surface area contributed by atoms with Crippen LogP contribution in [0.15, 0.2) is 48.5 Å². The Hall–Kier alpha value is -2.07. The molecule has 0 amide bonds. The predicted molar refractivity (Wildman–Crippen MR) is 131 cm³/mol. The van der Waals surface area contributed by atoms with Crippen LogP contribution in [0.3, 0.4) is 0 Å². The van der Waals surface area contributed by atoms with Crippen molar-refractivity contribution in [2.75, 3.05) is 11.9 Å². The zero-order valence-corrected chi connectivity index (χ0v) is 20.5. The van der Waals surface area contributed by atoms with Crippen molar-refractivity contribution < 1.29 is 8.42 Å². The normalized spacial score (nSPS) is 20.3. The number of nitriles is 1. The van der Waals surface area contributed by atoms with E-state index in [1.807, 2.05) is 48.5 Å². The van der Waals surface area contributed by atoms with Crippen LogP contribution in [0.1, 0.15) is 63.5 Å². The zero-order valence-electron chi connectivity index (χ0n) is 18.9. The molecule has 1 unspecified atom stereocenters. The lowest BCUT2D eigenvalue weighted by atomic mass is 9.86. The van der Waals surface area contributed by atoms with Crippen molar-refractivity contribution in [2.45, 2.75) is 63.2 Å². The van der Waals surface area contributed by atoms with Crippen molar-refractivity contribution in [3.05, 3.63) is 64.7 Å². The molecule has 0 heterocycles. The van der Waals surface area contributed by atoms with Crippen LogP contribution in [-0.2, 0) is 10.0 Å². The number of nitrogens with one attached hydrogen (secondary N) is 2. The molecule has 1 aliphatic carbocycles. The average Bonchev–Trinajstić information content (AvgIpc) is 2.75. The number of hydrogen-bond donors (Lipinski definition) is 2. The van der Waals surface area contributed by atoms with Gasteiger partial charge in [0.15, 0.2) is 0 Å². The predicted octanol–water partition coefficient (Wildman–Crippen LogP) is 5.68. The van der Waals surface area contributed by atoms with Gasteiger partial charge in [0.25, 0.3) is 0 Å². The van der Waals surface area contributed by atoms with E-state index >= 15 is 0 Å². The molecule has 1 fully saturated rings. The van der Waals surface area contributed by atoms with Crippen LogP contribution in [0.5, 0.6) is 0 Å². The Bertz CT molecular complexity index is 1050. The maximum Gasteiger partial charge on any atom is 0.216 e. The number of benzene rings is 2. The van der Waals surface area contributed by atoms with E-state index in [-0.39, 0.29) is 6.04 Å². The summed E-state index contributed by atoms with van der Waals surface area (Å²) in [5.74, 6) is 0.0879. The molecule has 2 N–H and O–H groups in total. The van der Waals surface area contributed by atoms with Gasteiger partial charge in [-0.3, -0.25) is 0 Å². The number of nitrogens with zero attached hydrogens (tertiary/aromatic N) is 1. The Morgan fingerprint density at radius 1 is 1.09 bits per heavy atom. The topological polar surface area (TPSA) is 82.0 Å². The molecular formula is C25H32ClN3O2S. The molecule has 0 aromatic heterocycles. The number of sulfonamides is 1. The van der Waals surface area contributed by atoms with Gasteiger partial charge in [-0.15, -0.1) is 0 Å². The van der Waals surface area contributed by atoms with Crippen molar-refractivity contribution in [2.24, 2.45) is 5.92 Å². The molecular weight excluding hydrogens is 442 g/mol. The van der Waals surface area contributed by atoms with Gasteiger partial charge in [0, 0.05) is 23.3 Å². The van der Waals surface area contributed by atoms with Crippen LogP contribution in [0.4, 0.5) is 5.69 Å². The highest BCUT2D eigenvalue weighted by Gasteiger charge is 2.32. The van der Waals surface area contributed by atoms with Crippen molar-refractivity contribution >= 4 is 27.3 Å². The molecule has 0 bridgehead atoms. The minimum absolute atomic E-state index is 0.0186. The molecule has 5 nitrogen and oxygen atoms in total. The molecule has 172 valence electrons. The number of halogens is 1. The lowest BCUT2D eigenvalue weighted by molar-refractivity contribution is 0.322. The largest absolute Gasteiger partial charge is 0.385 e. The van der Waals surface area contributed by atoms with Crippen molar-refractivity contribution in [1.82, 2.24) is 4.72 Å². The van der Waals surface area contributed by atoms with Gasteiger partial charge in [-0.05, 0) is 75.6 Å². The summed E-state index contributed by atoms with van der Waals surface area (Å²) in [6.07, 6.45) is 3.64. The summed E-state index contributed by atoms with van der Waals surface area (Å²) in [5.41, 5.74) is 2.66. The first-order chi connectivity index (χ1) is 15.1. The Kier molecular flexibility index (Phi) is 7.87. The first kappa shape index (κ1) is 24.6. The van der Waals surface area contributed by atoms with Crippen LogP contribution in [-0.4, -0.2) is 25.8 Å². The van der Waals surface area contributed by atoms with Crippen molar-refractivity contribution in [1.29, 1.82) is 5.26 Å². The number of anilines is 1.